The average Bonchev–Trinajstić information content (AvgIpc) is 2.88. The number of carbonyl (C=O) groups is 1. The molecule has 2 heterocycles. The topological polar surface area (TPSA) is 69.7 Å². The van der Waals surface area contributed by atoms with Gasteiger partial charge in [0.15, 0.2) is 0 Å². The summed E-state index contributed by atoms with van der Waals surface area (Å²) in [4.78, 5) is 14.1. The van der Waals surface area contributed by atoms with Crippen molar-refractivity contribution in [2.45, 2.75) is 24.2 Å². The largest absolute Gasteiger partial charge is 0.369 e. The van der Waals surface area contributed by atoms with E-state index < -0.39 is 10.0 Å². The van der Waals surface area contributed by atoms with Crippen LogP contribution in [0.25, 0.3) is 0 Å². The smallest absolute Gasteiger partial charge is 0.243 e. The Balaban J connectivity index is 1.49. The quantitative estimate of drug-likeness (QED) is 0.829. The number of aryl methyl sites for hydroxylation is 1. The zero-order valence-corrected chi connectivity index (χ0v) is 17.0. The second kappa shape index (κ2) is 7.73. The zero-order valence-electron chi connectivity index (χ0n) is 15.4. The summed E-state index contributed by atoms with van der Waals surface area (Å²) in [6, 6.07) is 12.6. The van der Waals surface area contributed by atoms with E-state index in [0.29, 0.717) is 54.6 Å². The van der Waals surface area contributed by atoms with Crippen LogP contribution in [0.15, 0.2) is 47.4 Å². The summed E-state index contributed by atoms with van der Waals surface area (Å²) in [5.74, 6) is -0.0207. The third kappa shape index (κ3) is 3.87. The Labute approximate surface area is 170 Å². The summed E-state index contributed by atoms with van der Waals surface area (Å²) in [5.41, 5.74) is 2.64. The van der Waals surface area contributed by atoms with Gasteiger partial charge in [0.1, 0.15) is 0 Å². The van der Waals surface area contributed by atoms with Crippen LogP contribution in [0.4, 0.5) is 11.4 Å². The number of benzene rings is 2. The highest BCUT2D eigenvalue weighted by atomic mass is 35.5. The maximum absolute atomic E-state index is 13.1. The van der Waals surface area contributed by atoms with Gasteiger partial charge in [-0.15, -0.1) is 0 Å². The highest BCUT2D eigenvalue weighted by molar-refractivity contribution is 7.89. The van der Waals surface area contributed by atoms with Gasteiger partial charge in [0.05, 0.1) is 4.90 Å². The van der Waals surface area contributed by atoms with Crippen molar-refractivity contribution in [1.29, 1.82) is 0 Å². The van der Waals surface area contributed by atoms with Gasteiger partial charge < -0.3 is 10.2 Å². The summed E-state index contributed by atoms with van der Waals surface area (Å²) in [5, 5.41) is 3.53. The number of fused-ring (bicyclic) bond motifs is 1. The number of sulfonamides is 1. The van der Waals surface area contributed by atoms with Gasteiger partial charge in [-0.05, 0) is 60.9 Å². The fraction of sp³-hybridized carbons (Fsp3) is 0.350. The lowest BCUT2D eigenvalue weighted by Crippen LogP contribution is -2.48. The number of hydrogen-bond donors (Lipinski definition) is 1. The molecule has 0 aromatic heterocycles. The first-order valence-corrected chi connectivity index (χ1v) is 11.2. The standard InChI is InChI=1S/C20H22ClN3O3S/c21-16-4-6-17(7-5-16)23-10-12-24(13-11-23)28(26,27)18-8-9-19-15(14-18)2-1-3-20(25)22-19/h4-9,14H,1-3,10-13H2,(H,22,25). The molecule has 0 spiro atoms. The number of anilines is 2. The van der Waals surface area contributed by atoms with E-state index >= 15 is 0 Å². The highest BCUT2D eigenvalue weighted by Crippen LogP contribution is 2.28. The molecule has 4 rings (SSSR count). The molecule has 148 valence electrons. The lowest BCUT2D eigenvalue weighted by atomic mass is 10.1. The molecule has 1 amide bonds. The monoisotopic (exact) mass is 419 g/mol. The number of amides is 1. The van der Waals surface area contributed by atoms with Crippen LogP contribution in [0.2, 0.25) is 5.02 Å². The third-order valence-electron chi connectivity index (χ3n) is 5.27. The van der Waals surface area contributed by atoms with Crippen molar-refractivity contribution in [3.05, 3.63) is 53.1 Å². The number of rotatable bonds is 3. The molecule has 1 N–H and O–H groups in total. The molecule has 0 aliphatic carbocycles. The molecule has 2 aromatic rings. The highest BCUT2D eigenvalue weighted by Gasteiger charge is 2.29. The Morgan fingerprint density at radius 3 is 2.36 bits per heavy atom. The van der Waals surface area contributed by atoms with Crippen LogP contribution in [-0.2, 0) is 21.2 Å². The Hall–Kier alpha value is -2.09. The first-order valence-electron chi connectivity index (χ1n) is 9.37. The van der Waals surface area contributed by atoms with Crippen LogP contribution in [0, 0.1) is 0 Å². The maximum atomic E-state index is 13.1. The molecule has 8 heteroatoms. The van der Waals surface area contributed by atoms with E-state index in [1.165, 1.54) is 4.31 Å². The van der Waals surface area contributed by atoms with E-state index in [1.807, 2.05) is 24.3 Å². The first-order chi connectivity index (χ1) is 13.4. The summed E-state index contributed by atoms with van der Waals surface area (Å²) in [6.07, 6.45) is 1.88. The molecule has 2 aromatic carbocycles. The molecule has 0 atom stereocenters. The van der Waals surface area contributed by atoms with Crippen molar-refractivity contribution in [3.63, 3.8) is 0 Å². The SMILES string of the molecule is O=C1CCCc2cc(S(=O)(=O)N3CCN(c4ccc(Cl)cc4)CC3)ccc2N1. The molecule has 1 fully saturated rings. The zero-order chi connectivity index (χ0) is 19.7. The predicted octanol–water partition coefficient (Wildman–Crippen LogP) is 3.13. The molecule has 2 aliphatic heterocycles. The minimum atomic E-state index is -3.56. The van der Waals surface area contributed by atoms with Crippen LogP contribution in [0.3, 0.4) is 0 Å². The molecule has 0 unspecified atom stereocenters. The maximum Gasteiger partial charge on any atom is 0.243 e. The average molecular weight is 420 g/mol. The van der Waals surface area contributed by atoms with Gasteiger partial charge in [-0.2, -0.15) is 4.31 Å². The molecule has 0 saturated carbocycles. The number of piperazine rings is 1. The molecule has 6 nitrogen and oxygen atoms in total. The minimum Gasteiger partial charge on any atom is -0.369 e. The second-order valence-electron chi connectivity index (χ2n) is 7.09. The minimum absolute atomic E-state index is 0.0207. The Morgan fingerprint density at radius 2 is 1.64 bits per heavy atom. The van der Waals surface area contributed by atoms with Crippen LogP contribution < -0.4 is 10.2 Å². The van der Waals surface area contributed by atoms with Crippen molar-refractivity contribution in [2.24, 2.45) is 0 Å². The number of nitrogens with one attached hydrogen (secondary N) is 1. The van der Waals surface area contributed by atoms with Gasteiger partial charge in [0, 0.05) is 49.0 Å². The molecule has 2 aliphatic rings. The normalized spacial score (nSPS) is 18.3. The van der Waals surface area contributed by atoms with Gasteiger partial charge in [0.2, 0.25) is 15.9 Å². The summed E-state index contributed by atoms with van der Waals surface area (Å²) < 4.78 is 27.8. The van der Waals surface area contributed by atoms with Gasteiger partial charge in [0.25, 0.3) is 0 Å². The van der Waals surface area contributed by atoms with E-state index in [-0.39, 0.29) is 5.91 Å². The van der Waals surface area contributed by atoms with Crippen molar-refractivity contribution in [3.8, 4) is 0 Å². The van der Waals surface area contributed by atoms with Crippen molar-refractivity contribution >= 4 is 38.9 Å². The fourth-order valence-electron chi connectivity index (χ4n) is 3.70. The summed E-state index contributed by atoms with van der Waals surface area (Å²) in [6.45, 7) is 2.11. The van der Waals surface area contributed by atoms with Crippen molar-refractivity contribution < 1.29 is 13.2 Å². The van der Waals surface area contributed by atoms with E-state index in [9.17, 15) is 13.2 Å². The number of hydrogen-bond acceptors (Lipinski definition) is 4. The lowest BCUT2D eigenvalue weighted by Gasteiger charge is -2.35. The molecule has 28 heavy (non-hydrogen) atoms. The summed E-state index contributed by atoms with van der Waals surface area (Å²) >= 11 is 5.94. The molecule has 0 radical (unpaired) electrons. The molecular formula is C20H22ClN3O3S. The lowest BCUT2D eigenvalue weighted by molar-refractivity contribution is -0.116. The molecular weight excluding hydrogens is 398 g/mol. The van der Waals surface area contributed by atoms with Gasteiger partial charge >= 0.3 is 0 Å². The fourth-order valence-corrected chi connectivity index (χ4v) is 5.30. The number of halogens is 1. The van der Waals surface area contributed by atoms with Crippen LogP contribution in [0.5, 0.6) is 0 Å². The Bertz CT molecular complexity index is 984. The van der Waals surface area contributed by atoms with E-state index in [2.05, 4.69) is 10.2 Å². The Kier molecular flexibility index (Phi) is 5.31. The van der Waals surface area contributed by atoms with E-state index in [1.54, 1.807) is 18.2 Å². The third-order valence-corrected chi connectivity index (χ3v) is 7.42. The Morgan fingerprint density at radius 1 is 0.929 bits per heavy atom. The van der Waals surface area contributed by atoms with Crippen LogP contribution >= 0.6 is 11.6 Å². The van der Waals surface area contributed by atoms with Gasteiger partial charge in [-0.25, -0.2) is 8.42 Å². The predicted molar refractivity (Wildman–Crippen MR) is 110 cm³/mol. The van der Waals surface area contributed by atoms with E-state index in [4.69, 9.17) is 11.6 Å². The number of carbonyl (C=O) groups excluding carboxylic acids is 1. The molecule has 0 bridgehead atoms. The van der Waals surface area contributed by atoms with Crippen LogP contribution in [-0.4, -0.2) is 44.8 Å². The number of nitrogens with zero attached hydrogens (tertiary/aromatic N) is 2. The van der Waals surface area contributed by atoms with Crippen LogP contribution in [0.1, 0.15) is 18.4 Å². The van der Waals surface area contributed by atoms with Crippen molar-refractivity contribution in [2.75, 3.05) is 36.4 Å². The van der Waals surface area contributed by atoms with Gasteiger partial charge in [-0.3, -0.25) is 4.79 Å². The molecule has 1 saturated heterocycles. The summed E-state index contributed by atoms with van der Waals surface area (Å²) in [7, 11) is -3.56. The van der Waals surface area contributed by atoms with Crippen molar-refractivity contribution in [1.82, 2.24) is 4.31 Å². The first kappa shape index (κ1) is 19.2. The second-order valence-corrected chi connectivity index (χ2v) is 9.46. The van der Waals surface area contributed by atoms with E-state index in [0.717, 1.165) is 17.7 Å². The van der Waals surface area contributed by atoms with Gasteiger partial charge in [-0.1, -0.05) is 11.6 Å².